The molecule has 0 radical (unpaired) electrons. The fourth-order valence-corrected chi connectivity index (χ4v) is 3.88. The lowest BCUT2D eigenvalue weighted by Crippen LogP contribution is -2.37. The number of hydrogen-bond donors (Lipinski definition) is 1. The normalized spacial score (nSPS) is 11.8. The van der Waals surface area contributed by atoms with Crippen molar-refractivity contribution in [1.82, 2.24) is 10.3 Å². The molecule has 27 heavy (non-hydrogen) atoms. The Labute approximate surface area is 163 Å². The van der Waals surface area contributed by atoms with Gasteiger partial charge in [0.1, 0.15) is 10.8 Å². The van der Waals surface area contributed by atoms with Gasteiger partial charge >= 0.3 is 5.97 Å². The maximum atomic E-state index is 12.9. The third kappa shape index (κ3) is 5.21. The van der Waals surface area contributed by atoms with Crippen LogP contribution >= 0.6 is 22.7 Å². The van der Waals surface area contributed by atoms with Crippen LogP contribution in [0.25, 0.3) is 9.88 Å². The summed E-state index contributed by atoms with van der Waals surface area (Å²) in [5.74, 6) is -1.32. The van der Waals surface area contributed by atoms with Crippen LogP contribution in [0.3, 0.4) is 0 Å². The zero-order valence-electron chi connectivity index (χ0n) is 14.5. The number of thiophene rings is 1. The molecule has 0 spiro atoms. The third-order valence-electron chi connectivity index (χ3n) is 3.72. The van der Waals surface area contributed by atoms with Crippen molar-refractivity contribution in [3.63, 3.8) is 0 Å². The van der Waals surface area contributed by atoms with Crippen molar-refractivity contribution in [2.24, 2.45) is 0 Å². The Balaban J connectivity index is 1.47. The second-order valence-electron chi connectivity index (χ2n) is 5.73. The predicted octanol–water partition coefficient (Wildman–Crippen LogP) is 3.91. The molecule has 0 aliphatic heterocycles. The molecule has 1 amide bonds. The Morgan fingerprint density at radius 3 is 2.70 bits per heavy atom. The first-order valence-electron chi connectivity index (χ1n) is 8.25. The monoisotopic (exact) mass is 404 g/mol. The first-order valence-corrected chi connectivity index (χ1v) is 10.0. The molecule has 0 aliphatic carbocycles. The van der Waals surface area contributed by atoms with Crippen LogP contribution in [0.2, 0.25) is 0 Å². The number of amides is 1. The Bertz CT molecular complexity index is 907. The number of benzene rings is 1. The quantitative estimate of drug-likeness (QED) is 0.606. The van der Waals surface area contributed by atoms with Gasteiger partial charge in [-0.2, -0.15) is 0 Å². The molecule has 8 heteroatoms. The van der Waals surface area contributed by atoms with E-state index in [0.29, 0.717) is 13.0 Å². The molecule has 0 fully saturated rings. The summed E-state index contributed by atoms with van der Waals surface area (Å²) in [6.07, 6.45) is -0.374. The summed E-state index contributed by atoms with van der Waals surface area (Å²) in [6.45, 7) is 1.88. The van der Waals surface area contributed by atoms with Crippen LogP contribution in [0.4, 0.5) is 4.39 Å². The molecule has 2 heterocycles. The van der Waals surface area contributed by atoms with Gasteiger partial charge < -0.3 is 10.1 Å². The Morgan fingerprint density at radius 2 is 2.00 bits per heavy atom. The van der Waals surface area contributed by atoms with E-state index < -0.39 is 12.1 Å². The minimum atomic E-state index is -0.933. The van der Waals surface area contributed by atoms with Crippen molar-refractivity contribution in [2.75, 3.05) is 6.54 Å². The summed E-state index contributed by atoms with van der Waals surface area (Å²) in [6, 6.07) is 9.92. The maximum absolute atomic E-state index is 12.9. The number of nitrogens with one attached hydrogen (secondary N) is 1. The van der Waals surface area contributed by atoms with Crippen LogP contribution in [0.15, 0.2) is 47.2 Å². The van der Waals surface area contributed by atoms with E-state index in [9.17, 15) is 14.0 Å². The van der Waals surface area contributed by atoms with Crippen LogP contribution in [0.1, 0.15) is 23.0 Å². The number of nitrogens with zero attached hydrogens (tertiary/aromatic N) is 1. The molecule has 1 atom stereocenters. The SMILES string of the molecule is C[C@@H](OC(=O)c1csc(-c2cccs2)n1)C(=O)NCCc1ccc(F)cc1. The molecule has 3 rings (SSSR count). The highest BCUT2D eigenvalue weighted by atomic mass is 32.1. The molecule has 0 saturated heterocycles. The highest BCUT2D eigenvalue weighted by Gasteiger charge is 2.21. The molecule has 0 bridgehead atoms. The number of hydrogen-bond acceptors (Lipinski definition) is 6. The molecule has 0 unspecified atom stereocenters. The molecule has 1 aromatic carbocycles. The summed E-state index contributed by atoms with van der Waals surface area (Å²) >= 11 is 2.89. The van der Waals surface area contributed by atoms with Crippen molar-refractivity contribution in [2.45, 2.75) is 19.4 Å². The van der Waals surface area contributed by atoms with E-state index in [4.69, 9.17) is 4.74 Å². The second-order valence-corrected chi connectivity index (χ2v) is 7.54. The number of carbonyl (C=O) groups excluding carboxylic acids is 2. The average molecular weight is 404 g/mol. The molecule has 2 aromatic heterocycles. The summed E-state index contributed by atoms with van der Waals surface area (Å²) in [7, 11) is 0. The van der Waals surface area contributed by atoms with Crippen molar-refractivity contribution < 1.29 is 18.7 Å². The summed E-state index contributed by atoms with van der Waals surface area (Å²) in [5.41, 5.74) is 1.10. The number of rotatable bonds is 7. The molecular weight excluding hydrogens is 387 g/mol. The second kappa shape index (κ2) is 8.88. The van der Waals surface area contributed by atoms with Gasteiger partial charge in [-0.05, 0) is 42.5 Å². The fraction of sp³-hybridized carbons (Fsp3) is 0.211. The van der Waals surface area contributed by atoms with Gasteiger partial charge in [0, 0.05) is 11.9 Å². The van der Waals surface area contributed by atoms with E-state index in [1.165, 1.54) is 41.7 Å². The van der Waals surface area contributed by atoms with E-state index >= 15 is 0 Å². The molecule has 5 nitrogen and oxygen atoms in total. The standard InChI is InChI=1S/C19H17FN2O3S2/c1-12(17(23)21-9-8-13-4-6-14(20)7-5-13)25-19(24)15-11-27-18(22-15)16-3-2-10-26-16/h2-7,10-12H,8-9H2,1H3,(H,21,23)/t12-/m1/s1. The van der Waals surface area contributed by atoms with Crippen molar-refractivity contribution in [1.29, 1.82) is 0 Å². The molecular formula is C19H17FN2O3S2. The summed E-state index contributed by atoms with van der Waals surface area (Å²) in [4.78, 5) is 29.5. The molecule has 140 valence electrons. The van der Waals surface area contributed by atoms with E-state index in [2.05, 4.69) is 10.3 Å². The first kappa shape index (κ1) is 19.2. The van der Waals surface area contributed by atoms with Gasteiger partial charge in [-0.15, -0.1) is 22.7 Å². The highest BCUT2D eigenvalue weighted by molar-refractivity contribution is 7.20. The minimum absolute atomic E-state index is 0.189. The van der Waals surface area contributed by atoms with Crippen molar-refractivity contribution in [3.8, 4) is 9.88 Å². The Hall–Kier alpha value is -2.58. The smallest absolute Gasteiger partial charge is 0.358 e. The molecule has 0 saturated carbocycles. The molecule has 3 aromatic rings. The average Bonchev–Trinajstić information content (AvgIpc) is 3.34. The van der Waals surface area contributed by atoms with Gasteiger partial charge in [0.15, 0.2) is 11.8 Å². The number of aromatic nitrogens is 1. The predicted molar refractivity (Wildman–Crippen MR) is 103 cm³/mol. The van der Waals surface area contributed by atoms with Gasteiger partial charge in [-0.25, -0.2) is 14.2 Å². The zero-order chi connectivity index (χ0) is 19.2. The van der Waals surface area contributed by atoms with Crippen LogP contribution in [0, 0.1) is 5.82 Å². The number of ether oxygens (including phenoxy) is 1. The lowest BCUT2D eigenvalue weighted by atomic mass is 10.1. The molecule has 0 aliphatic rings. The van der Waals surface area contributed by atoms with E-state index in [0.717, 1.165) is 15.4 Å². The maximum Gasteiger partial charge on any atom is 0.358 e. The van der Waals surface area contributed by atoms with Crippen LogP contribution in [-0.2, 0) is 16.0 Å². The summed E-state index contributed by atoms with van der Waals surface area (Å²) in [5, 5.41) is 7.01. The first-order chi connectivity index (χ1) is 13.0. The summed E-state index contributed by atoms with van der Waals surface area (Å²) < 4.78 is 18.1. The highest BCUT2D eigenvalue weighted by Crippen LogP contribution is 2.28. The van der Waals surface area contributed by atoms with Gasteiger partial charge in [0.05, 0.1) is 4.88 Å². The third-order valence-corrected chi connectivity index (χ3v) is 5.61. The van der Waals surface area contributed by atoms with Gasteiger partial charge in [-0.3, -0.25) is 4.79 Å². The van der Waals surface area contributed by atoms with Gasteiger partial charge in [0.25, 0.3) is 5.91 Å². The van der Waals surface area contributed by atoms with Crippen molar-refractivity contribution >= 4 is 34.6 Å². The lowest BCUT2D eigenvalue weighted by molar-refractivity contribution is -0.129. The largest absolute Gasteiger partial charge is 0.448 e. The lowest BCUT2D eigenvalue weighted by Gasteiger charge is -2.12. The van der Waals surface area contributed by atoms with Gasteiger partial charge in [-0.1, -0.05) is 18.2 Å². The number of halogens is 1. The zero-order valence-corrected chi connectivity index (χ0v) is 16.1. The topological polar surface area (TPSA) is 68.3 Å². The van der Waals surface area contributed by atoms with E-state index in [1.54, 1.807) is 17.5 Å². The minimum Gasteiger partial charge on any atom is -0.448 e. The molecule has 1 N–H and O–H groups in total. The van der Waals surface area contributed by atoms with Gasteiger partial charge in [0.2, 0.25) is 0 Å². The Kier molecular flexibility index (Phi) is 6.31. The van der Waals surface area contributed by atoms with Crippen LogP contribution in [0.5, 0.6) is 0 Å². The van der Waals surface area contributed by atoms with E-state index in [-0.39, 0.29) is 17.4 Å². The van der Waals surface area contributed by atoms with E-state index in [1.807, 2.05) is 17.5 Å². The number of thiazole rings is 1. The number of carbonyl (C=O) groups is 2. The number of esters is 1. The Morgan fingerprint density at radius 1 is 1.22 bits per heavy atom. The van der Waals surface area contributed by atoms with Crippen LogP contribution < -0.4 is 5.32 Å². The van der Waals surface area contributed by atoms with Crippen LogP contribution in [-0.4, -0.2) is 29.5 Å². The fourth-order valence-electron chi connectivity index (χ4n) is 2.28. The van der Waals surface area contributed by atoms with Crippen molar-refractivity contribution in [3.05, 3.63) is 64.2 Å².